The molecule has 26 heavy (non-hydrogen) atoms. The molecule has 2 aromatic rings. The lowest BCUT2D eigenvalue weighted by molar-refractivity contribution is 0.102. The lowest BCUT2D eigenvalue weighted by atomic mass is 9.95. The van der Waals surface area contributed by atoms with E-state index in [9.17, 15) is 13.2 Å². The minimum absolute atomic E-state index is 0.205. The number of carbonyl (C=O) groups is 1. The van der Waals surface area contributed by atoms with Gasteiger partial charge in [-0.3, -0.25) is 4.79 Å². The second kappa shape index (κ2) is 7.82. The summed E-state index contributed by atoms with van der Waals surface area (Å²) in [4.78, 5) is 20.8. The van der Waals surface area contributed by atoms with Crippen LogP contribution in [0.5, 0.6) is 0 Å². The van der Waals surface area contributed by atoms with Gasteiger partial charge >= 0.3 is 0 Å². The maximum atomic E-state index is 12.4. The summed E-state index contributed by atoms with van der Waals surface area (Å²) in [6, 6.07) is 8.04. The summed E-state index contributed by atoms with van der Waals surface area (Å²) in [6.07, 6.45) is 8.42. The maximum Gasteiger partial charge on any atom is 0.274 e. The van der Waals surface area contributed by atoms with Crippen LogP contribution in [0.3, 0.4) is 0 Å². The third-order valence-electron chi connectivity index (χ3n) is 4.40. The molecular weight excluding hydrogens is 352 g/mol. The molecule has 1 aliphatic rings. The van der Waals surface area contributed by atoms with E-state index in [4.69, 9.17) is 0 Å². The van der Waals surface area contributed by atoms with Gasteiger partial charge in [0.25, 0.3) is 5.91 Å². The van der Waals surface area contributed by atoms with Gasteiger partial charge in [0.1, 0.15) is 17.8 Å². The number of amides is 1. The van der Waals surface area contributed by atoms with Gasteiger partial charge < -0.3 is 10.6 Å². The molecule has 0 bridgehead atoms. The smallest absolute Gasteiger partial charge is 0.274 e. The van der Waals surface area contributed by atoms with Gasteiger partial charge in [-0.15, -0.1) is 0 Å². The Morgan fingerprint density at radius 2 is 1.77 bits per heavy atom. The van der Waals surface area contributed by atoms with Crippen molar-refractivity contribution in [2.75, 3.05) is 16.9 Å². The molecule has 1 amide bonds. The molecular formula is C18H22N4O3S. The van der Waals surface area contributed by atoms with Crippen molar-refractivity contribution in [3.63, 3.8) is 0 Å². The van der Waals surface area contributed by atoms with Gasteiger partial charge in [-0.05, 0) is 37.1 Å². The van der Waals surface area contributed by atoms with Crippen molar-refractivity contribution in [2.24, 2.45) is 0 Å². The van der Waals surface area contributed by atoms with Crippen LogP contribution in [0.1, 0.15) is 42.6 Å². The highest BCUT2D eigenvalue weighted by atomic mass is 32.2. The largest absolute Gasteiger partial charge is 0.367 e. The molecule has 8 heteroatoms. The molecule has 138 valence electrons. The number of anilines is 2. The lowest BCUT2D eigenvalue weighted by Crippen LogP contribution is -2.23. The van der Waals surface area contributed by atoms with Crippen LogP contribution in [0.15, 0.2) is 41.6 Å². The molecule has 1 aromatic heterocycles. The number of aromatic nitrogens is 2. The number of nitrogens with zero attached hydrogens (tertiary/aromatic N) is 2. The van der Waals surface area contributed by atoms with Crippen molar-refractivity contribution in [3.8, 4) is 0 Å². The zero-order chi connectivity index (χ0) is 18.6. The summed E-state index contributed by atoms with van der Waals surface area (Å²) in [5.74, 6) is 0.274. The maximum absolute atomic E-state index is 12.4. The van der Waals surface area contributed by atoms with Gasteiger partial charge in [0.2, 0.25) is 0 Å². The average Bonchev–Trinajstić information content (AvgIpc) is 2.62. The summed E-state index contributed by atoms with van der Waals surface area (Å²) < 4.78 is 23.0. The van der Waals surface area contributed by atoms with Gasteiger partial charge in [0.05, 0.1) is 4.90 Å². The Hall–Kier alpha value is -2.48. The zero-order valence-corrected chi connectivity index (χ0v) is 15.4. The van der Waals surface area contributed by atoms with E-state index in [0.29, 0.717) is 17.5 Å². The molecule has 1 heterocycles. The van der Waals surface area contributed by atoms with Crippen molar-refractivity contribution in [2.45, 2.75) is 43.0 Å². The summed E-state index contributed by atoms with van der Waals surface area (Å²) in [7, 11) is -3.26. The van der Waals surface area contributed by atoms with Crippen LogP contribution >= 0.6 is 0 Å². The number of carbonyl (C=O) groups excluding carboxylic acids is 1. The number of nitrogens with one attached hydrogen (secondary N) is 2. The average molecular weight is 374 g/mol. The van der Waals surface area contributed by atoms with E-state index < -0.39 is 9.84 Å². The highest BCUT2D eigenvalue weighted by molar-refractivity contribution is 7.90. The first kappa shape index (κ1) is 18.3. The second-order valence-corrected chi connectivity index (χ2v) is 8.53. The number of hydrogen-bond acceptors (Lipinski definition) is 6. The molecule has 1 fully saturated rings. The molecule has 0 saturated heterocycles. The standard InChI is InChI=1S/C18H22N4O3S/c1-26(24,25)15-9-7-14(8-10-15)22-18(23)16-11-17(20-12-19-16)21-13-5-3-2-4-6-13/h7-13H,2-6H2,1H3,(H,22,23)(H,19,20,21). The molecule has 1 aromatic carbocycles. The Balaban J connectivity index is 1.66. The Kier molecular flexibility index (Phi) is 5.51. The molecule has 0 aliphatic heterocycles. The highest BCUT2D eigenvalue weighted by Crippen LogP contribution is 2.21. The monoisotopic (exact) mass is 374 g/mol. The SMILES string of the molecule is CS(=O)(=O)c1ccc(NC(=O)c2cc(NC3CCCCC3)ncn2)cc1. The van der Waals surface area contributed by atoms with Crippen molar-refractivity contribution in [1.82, 2.24) is 9.97 Å². The van der Waals surface area contributed by atoms with Crippen LogP contribution in [-0.2, 0) is 9.84 Å². The Morgan fingerprint density at radius 3 is 2.42 bits per heavy atom. The van der Waals surface area contributed by atoms with Crippen LogP contribution in [0.4, 0.5) is 11.5 Å². The zero-order valence-electron chi connectivity index (χ0n) is 14.6. The topological polar surface area (TPSA) is 101 Å². The van der Waals surface area contributed by atoms with E-state index in [1.807, 2.05) is 0 Å². The van der Waals surface area contributed by atoms with Crippen molar-refractivity contribution in [1.29, 1.82) is 0 Å². The Labute approximate surface area is 153 Å². The number of rotatable bonds is 5. The minimum atomic E-state index is -3.26. The van der Waals surface area contributed by atoms with E-state index in [1.165, 1.54) is 37.7 Å². The summed E-state index contributed by atoms with van der Waals surface area (Å²) >= 11 is 0. The highest BCUT2D eigenvalue weighted by Gasteiger charge is 2.15. The van der Waals surface area contributed by atoms with E-state index >= 15 is 0 Å². The molecule has 7 nitrogen and oxygen atoms in total. The quantitative estimate of drug-likeness (QED) is 0.834. The van der Waals surface area contributed by atoms with Gasteiger partial charge in [0.15, 0.2) is 9.84 Å². The van der Waals surface area contributed by atoms with Crippen LogP contribution in [0, 0.1) is 0 Å². The van der Waals surface area contributed by atoms with Crippen LogP contribution in [0.25, 0.3) is 0 Å². The van der Waals surface area contributed by atoms with Crippen LogP contribution < -0.4 is 10.6 Å². The number of sulfone groups is 1. The molecule has 2 N–H and O–H groups in total. The van der Waals surface area contributed by atoms with Crippen molar-refractivity contribution >= 4 is 27.2 Å². The van der Waals surface area contributed by atoms with E-state index in [0.717, 1.165) is 19.1 Å². The molecule has 0 atom stereocenters. The van der Waals surface area contributed by atoms with E-state index in [-0.39, 0.29) is 16.5 Å². The van der Waals surface area contributed by atoms with Gasteiger partial charge in [-0.25, -0.2) is 18.4 Å². The van der Waals surface area contributed by atoms with Crippen molar-refractivity contribution in [3.05, 3.63) is 42.4 Å². The van der Waals surface area contributed by atoms with E-state index in [1.54, 1.807) is 18.2 Å². The van der Waals surface area contributed by atoms with Crippen molar-refractivity contribution < 1.29 is 13.2 Å². The second-order valence-electron chi connectivity index (χ2n) is 6.52. The lowest BCUT2D eigenvalue weighted by Gasteiger charge is -2.23. The Morgan fingerprint density at radius 1 is 1.08 bits per heavy atom. The third-order valence-corrected chi connectivity index (χ3v) is 5.53. The first-order valence-electron chi connectivity index (χ1n) is 8.62. The summed E-state index contributed by atoms with van der Waals surface area (Å²) in [5.41, 5.74) is 0.758. The summed E-state index contributed by atoms with van der Waals surface area (Å²) in [6.45, 7) is 0. The molecule has 3 rings (SSSR count). The fraction of sp³-hybridized carbons (Fsp3) is 0.389. The fourth-order valence-electron chi connectivity index (χ4n) is 3.00. The van der Waals surface area contributed by atoms with E-state index in [2.05, 4.69) is 20.6 Å². The number of benzene rings is 1. The van der Waals surface area contributed by atoms with Crippen LogP contribution in [-0.4, -0.2) is 36.6 Å². The number of hydrogen-bond donors (Lipinski definition) is 2. The minimum Gasteiger partial charge on any atom is -0.367 e. The van der Waals surface area contributed by atoms with Gasteiger partial charge in [-0.1, -0.05) is 19.3 Å². The summed E-state index contributed by atoms with van der Waals surface area (Å²) in [5, 5.41) is 6.08. The normalized spacial score (nSPS) is 15.4. The molecule has 0 spiro atoms. The first-order chi connectivity index (χ1) is 12.4. The third kappa shape index (κ3) is 4.78. The van der Waals surface area contributed by atoms with Crippen LogP contribution in [0.2, 0.25) is 0 Å². The van der Waals surface area contributed by atoms with Gasteiger partial charge in [-0.2, -0.15) is 0 Å². The molecule has 0 unspecified atom stereocenters. The predicted molar refractivity (Wildman–Crippen MR) is 100 cm³/mol. The molecule has 1 aliphatic carbocycles. The molecule has 0 radical (unpaired) electrons. The first-order valence-corrected chi connectivity index (χ1v) is 10.5. The fourth-order valence-corrected chi connectivity index (χ4v) is 3.63. The predicted octanol–water partition coefficient (Wildman–Crippen LogP) is 2.88. The molecule has 1 saturated carbocycles. The Bertz CT molecular complexity index is 876. The van der Waals surface area contributed by atoms with Gasteiger partial charge in [0, 0.05) is 24.1 Å².